The van der Waals surface area contributed by atoms with Crippen LogP contribution >= 0.6 is 0 Å². The molecule has 3 aromatic carbocycles. The number of alkyl halides is 6. The molecule has 1 aliphatic heterocycles. The minimum atomic E-state index is -4.54. The Labute approximate surface area is 261 Å². The second-order valence-electron chi connectivity index (χ2n) is 11.4. The average molecular weight is 653 g/mol. The summed E-state index contributed by atoms with van der Waals surface area (Å²) in [6.45, 7) is 4.05. The van der Waals surface area contributed by atoms with Crippen molar-refractivity contribution in [1.29, 1.82) is 0 Å². The van der Waals surface area contributed by atoms with E-state index >= 15 is 0 Å². The van der Waals surface area contributed by atoms with Crippen molar-refractivity contribution in [3.05, 3.63) is 89.0 Å². The molecule has 14 heteroatoms. The Hall–Kier alpha value is -4.30. The zero-order valence-corrected chi connectivity index (χ0v) is 25.2. The van der Waals surface area contributed by atoms with Gasteiger partial charge in [0.05, 0.1) is 35.0 Å². The van der Waals surface area contributed by atoms with Crippen LogP contribution in [0.25, 0.3) is 0 Å². The van der Waals surface area contributed by atoms with Gasteiger partial charge in [0.25, 0.3) is 5.91 Å². The first-order valence-electron chi connectivity index (χ1n) is 14.4. The molecule has 1 heterocycles. The number of aliphatic hydroxyl groups is 1. The van der Waals surface area contributed by atoms with Crippen LogP contribution in [0.5, 0.6) is 5.75 Å². The minimum absolute atomic E-state index is 0.0599. The number of hydrogen-bond donors (Lipinski definition) is 3. The summed E-state index contributed by atoms with van der Waals surface area (Å²) in [6, 6.07) is 11.9. The maximum Gasteiger partial charge on any atom is 0.416 e. The fourth-order valence-corrected chi connectivity index (χ4v) is 5.07. The minimum Gasteiger partial charge on any atom is -0.486 e. The van der Waals surface area contributed by atoms with Gasteiger partial charge in [-0.3, -0.25) is 9.69 Å². The number of halogens is 6. The van der Waals surface area contributed by atoms with Gasteiger partial charge < -0.3 is 25.4 Å². The van der Waals surface area contributed by atoms with Crippen LogP contribution in [0.4, 0.5) is 42.5 Å². The van der Waals surface area contributed by atoms with E-state index in [1.165, 1.54) is 35.2 Å². The number of rotatable bonds is 8. The molecule has 3 N–H and O–H groups in total. The highest BCUT2D eigenvalue weighted by Gasteiger charge is 2.35. The Morgan fingerprint density at radius 2 is 1.57 bits per heavy atom. The summed E-state index contributed by atoms with van der Waals surface area (Å²) in [6.07, 6.45) is -9.57. The second kappa shape index (κ2) is 14.0. The van der Waals surface area contributed by atoms with Crippen LogP contribution < -0.4 is 15.4 Å². The van der Waals surface area contributed by atoms with Gasteiger partial charge in [-0.05, 0) is 68.1 Å². The molecule has 0 fully saturated rings. The van der Waals surface area contributed by atoms with E-state index in [-0.39, 0.29) is 48.3 Å². The number of para-hydroxylation sites is 1. The smallest absolute Gasteiger partial charge is 0.416 e. The number of likely N-dealkylation sites (N-methyl/N-ethyl adjacent to an activating group) is 1. The number of anilines is 2. The second-order valence-corrected chi connectivity index (χ2v) is 11.4. The molecule has 0 saturated heterocycles. The number of carbonyl (C=O) groups excluding carboxylic acids is 2. The summed E-state index contributed by atoms with van der Waals surface area (Å²) >= 11 is 0. The predicted molar refractivity (Wildman–Crippen MR) is 159 cm³/mol. The Morgan fingerprint density at radius 3 is 2.13 bits per heavy atom. The third-order valence-electron chi connectivity index (χ3n) is 7.63. The molecular formula is C32H34F6N4O4. The van der Waals surface area contributed by atoms with Crippen molar-refractivity contribution in [2.45, 2.75) is 44.9 Å². The molecule has 4 rings (SSSR count). The molecular weight excluding hydrogens is 618 g/mol. The van der Waals surface area contributed by atoms with Gasteiger partial charge >= 0.3 is 18.4 Å². The van der Waals surface area contributed by atoms with E-state index < -0.39 is 47.6 Å². The fraction of sp³-hybridized carbons (Fsp3) is 0.375. The average Bonchev–Trinajstić information content (AvgIpc) is 2.98. The van der Waals surface area contributed by atoms with Gasteiger partial charge in [0, 0.05) is 31.2 Å². The number of urea groups is 1. The van der Waals surface area contributed by atoms with Crippen LogP contribution in [-0.4, -0.2) is 65.7 Å². The van der Waals surface area contributed by atoms with Crippen LogP contribution in [-0.2, 0) is 18.9 Å². The maximum atomic E-state index is 13.7. The third kappa shape index (κ3) is 8.49. The van der Waals surface area contributed by atoms with E-state index in [0.717, 1.165) is 36.4 Å². The van der Waals surface area contributed by atoms with Crippen molar-refractivity contribution in [1.82, 2.24) is 9.80 Å². The van der Waals surface area contributed by atoms with E-state index in [2.05, 4.69) is 10.6 Å². The molecule has 0 unspecified atom stereocenters. The SMILES string of the molecule is C[C@@H]1CN([C@@H](C)CO)C(=O)c2cccc(NC(=O)Nc3ccc(C(F)(F)F)cc3)c2O[C@@H]1CN(C)Cc1ccc(C(F)(F)F)cc1. The highest BCUT2D eigenvalue weighted by Crippen LogP contribution is 2.36. The van der Waals surface area contributed by atoms with Crippen LogP contribution in [0.3, 0.4) is 0 Å². The van der Waals surface area contributed by atoms with E-state index in [1.807, 2.05) is 11.8 Å². The number of carbonyl (C=O) groups is 2. The third-order valence-corrected chi connectivity index (χ3v) is 7.63. The van der Waals surface area contributed by atoms with Crippen molar-refractivity contribution in [3.63, 3.8) is 0 Å². The molecule has 8 nitrogen and oxygen atoms in total. The van der Waals surface area contributed by atoms with E-state index in [1.54, 1.807) is 14.0 Å². The molecule has 3 aromatic rings. The molecule has 1 aliphatic rings. The molecule has 3 amide bonds. The number of nitrogens with zero attached hydrogens (tertiary/aromatic N) is 2. The van der Waals surface area contributed by atoms with Crippen LogP contribution in [0.2, 0.25) is 0 Å². The maximum absolute atomic E-state index is 13.7. The van der Waals surface area contributed by atoms with Crippen molar-refractivity contribution in [2.24, 2.45) is 5.92 Å². The van der Waals surface area contributed by atoms with Gasteiger partial charge in [0.2, 0.25) is 0 Å². The lowest BCUT2D eigenvalue weighted by Gasteiger charge is -2.38. The number of nitrogens with one attached hydrogen (secondary N) is 2. The molecule has 0 spiro atoms. The summed E-state index contributed by atoms with van der Waals surface area (Å²) in [4.78, 5) is 30.0. The van der Waals surface area contributed by atoms with Crippen molar-refractivity contribution in [3.8, 4) is 5.75 Å². The normalized spacial score (nSPS) is 17.9. The number of aliphatic hydroxyl groups excluding tert-OH is 1. The van der Waals surface area contributed by atoms with Gasteiger partial charge in [0.1, 0.15) is 6.10 Å². The Kier molecular flexibility index (Phi) is 10.5. The van der Waals surface area contributed by atoms with Crippen LogP contribution in [0.1, 0.15) is 40.9 Å². The molecule has 0 aliphatic carbocycles. The highest BCUT2D eigenvalue weighted by atomic mass is 19.4. The Balaban J connectivity index is 1.58. The quantitative estimate of drug-likeness (QED) is 0.235. The summed E-state index contributed by atoms with van der Waals surface area (Å²) < 4.78 is 84.2. The van der Waals surface area contributed by atoms with Gasteiger partial charge in [-0.25, -0.2) is 4.79 Å². The molecule has 248 valence electrons. The summed E-state index contributed by atoms with van der Waals surface area (Å²) in [5.74, 6) is -0.674. The van der Waals surface area contributed by atoms with E-state index in [0.29, 0.717) is 12.1 Å². The van der Waals surface area contributed by atoms with Crippen LogP contribution in [0.15, 0.2) is 66.7 Å². The topological polar surface area (TPSA) is 94.1 Å². The van der Waals surface area contributed by atoms with E-state index in [9.17, 15) is 41.0 Å². The lowest BCUT2D eigenvalue weighted by molar-refractivity contribution is -0.138. The zero-order chi connectivity index (χ0) is 33.8. The number of fused-ring (bicyclic) bond motifs is 1. The summed E-state index contributed by atoms with van der Waals surface area (Å²) in [5.41, 5.74) is -0.646. The number of ether oxygens (including phenoxy) is 1. The van der Waals surface area contributed by atoms with Crippen molar-refractivity contribution in [2.75, 3.05) is 37.4 Å². The highest BCUT2D eigenvalue weighted by molar-refractivity contribution is 6.04. The van der Waals surface area contributed by atoms with Crippen molar-refractivity contribution >= 4 is 23.3 Å². The first-order chi connectivity index (χ1) is 21.6. The first kappa shape index (κ1) is 34.6. The largest absolute Gasteiger partial charge is 0.486 e. The number of hydrogen-bond acceptors (Lipinski definition) is 5. The zero-order valence-electron chi connectivity index (χ0n) is 25.2. The monoisotopic (exact) mass is 652 g/mol. The number of amides is 3. The van der Waals surface area contributed by atoms with Gasteiger partial charge in [-0.2, -0.15) is 26.3 Å². The first-order valence-corrected chi connectivity index (χ1v) is 14.4. The van der Waals surface area contributed by atoms with Gasteiger partial charge in [0.15, 0.2) is 5.75 Å². The van der Waals surface area contributed by atoms with Gasteiger partial charge in [-0.15, -0.1) is 0 Å². The van der Waals surface area contributed by atoms with Crippen molar-refractivity contribution < 1.29 is 45.8 Å². The Morgan fingerprint density at radius 1 is 0.978 bits per heavy atom. The summed E-state index contributed by atoms with van der Waals surface area (Å²) in [7, 11) is 1.77. The van der Waals surface area contributed by atoms with E-state index in [4.69, 9.17) is 4.74 Å². The molecule has 46 heavy (non-hydrogen) atoms. The fourth-order valence-electron chi connectivity index (χ4n) is 5.07. The summed E-state index contributed by atoms with van der Waals surface area (Å²) in [5, 5.41) is 15.0. The number of benzene rings is 3. The van der Waals surface area contributed by atoms with Crippen LogP contribution in [0, 0.1) is 5.92 Å². The predicted octanol–water partition coefficient (Wildman–Crippen LogP) is 6.72. The molecule has 0 saturated carbocycles. The standard InChI is InChI=1S/C32H34F6N4O4/c1-19-15-42(20(2)18-43)29(44)25-5-4-6-26(40-30(45)39-24-13-11-23(12-14-24)32(36,37)38)28(25)46-27(19)17-41(3)16-21-7-9-22(10-8-21)31(33,34)35/h4-14,19-20,27,43H,15-18H2,1-3H3,(H2,39,40,45)/t19-,20+,27-/m1/s1. The van der Waals surface area contributed by atoms with Gasteiger partial charge in [-0.1, -0.05) is 25.1 Å². The molecule has 0 aromatic heterocycles. The Bertz CT molecular complexity index is 1510. The lowest BCUT2D eigenvalue weighted by Crippen LogP contribution is -2.49. The lowest BCUT2D eigenvalue weighted by atomic mass is 9.98. The molecule has 0 bridgehead atoms. The molecule has 3 atom stereocenters. The molecule has 0 radical (unpaired) electrons.